The van der Waals surface area contributed by atoms with Crippen molar-refractivity contribution in [1.29, 1.82) is 0 Å². The fraction of sp³-hybridized carbons (Fsp3) is 0.364. The van der Waals surface area contributed by atoms with Crippen molar-refractivity contribution >= 4 is 64.7 Å². The lowest BCUT2D eigenvalue weighted by Crippen LogP contribution is -2.68. The number of hydrogen-bond donors (Lipinski definition) is 1. The number of ether oxygens (including phenoxy) is 5. The third-order valence-electron chi connectivity index (χ3n) is 8.47. The molecule has 13 heteroatoms. The second kappa shape index (κ2) is 14.1. The van der Waals surface area contributed by atoms with Crippen molar-refractivity contribution in [1.82, 2.24) is 0 Å². The van der Waals surface area contributed by atoms with Gasteiger partial charge in [0.05, 0.1) is 51.4 Å². The zero-order valence-electron chi connectivity index (χ0n) is 25.6. The first-order valence-corrected chi connectivity index (χ1v) is 14.8. The van der Waals surface area contributed by atoms with Gasteiger partial charge in [0.25, 0.3) is 0 Å². The highest BCUT2D eigenvalue weighted by Gasteiger charge is 2.71. The van der Waals surface area contributed by atoms with Gasteiger partial charge in [-0.1, -0.05) is 54.4 Å². The first-order chi connectivity index (χ1) is 21.8. The molecular weight excluding hydrogens is 643 g/mol. The van der Waals surface area contributed by atoms with Crippen LogP contribution in [0.25, 0.3) is 11.6 Å². The molecule has 4 rings (SSSR count). The normalized spacial score (nSPS) is 25.7. The number of halogens is 2. The van der Waals surface area contributed by atoms with Gasteiger partial charge in [0.1, 0.15) is 17.3 Å². The number of hydrogen-bond acceptors (Lipinski definition) is 11. The van der Waals surface area contributed by atoms with Gasteiger partial charge in [0, 0.05) is 16.0 Å². The summed E-state index contributed by atoms with van der Waals surface area (Å²) in [6.07, 6.45) is 1.44. The monoisotopic (exact) mass is 674 g/mol. The fourth-order valence-corrected chi connectivity index (χ4v) is 6.78. The van der Waals surface area contributed by atoms with Crippen LogP contribution in [0.3, 0.4) is 0 Å². The van der Waals surface area contributed by atoms with E-state index >= 15 is 0 Å². The Morgan fingerprint density at radius 1 is 0.783 bits per heavy atom. The van der Waals surface area contributed by atoms with E-state index in [1.165, 1.54) is 6.08 Å². The summed E-state index contributed by atoms with van der Waals surface area (Å²) in [6, 6.07) is 12.7. The smallest absolute Gasteiger partial charge is 0.343 e. The van der Waals surface area contributed by atoms with Crippen molar-refractivity contribution in [2.45, 2.75) is 18.9 Å². The third kappa shape index (κ3) is 6.27. The summed E-state index contributed by atoms with van der Waals surface area (Å²) in [5.74, 6) is -13.0. The molecule has 0 saturated heterocycles. The maximum Gasteiger partial charge on any atom is 0.343 e. The molecule has 0 aromatic heterocycles. The van der Waals surface area contributed by atoms with Crippen molar-refractivity contribution in [2.75, 3.05) is 28.4 Å². The second-order valence-corrected chi connectivity index (χ2v) is 11.8. The number of aliphatic hydroxyl groups is 1. The molecule has 6 atom stereocenters. The van der Waals surface area contributed by atoms with Gasteiger partial charge in [-0.05, 0) is 53.8 Å². The zero-order valence-corrected chi connectivity index (χ0v) is 27.1. The molecule has 244 valence electrons. The van der Waals surface area contributed by atoms with E-state index in [1.54, 1.807) is 55.5 Å². The largest absolute Gasteiger partial charge is 0.469 e. The summed E-state index contributed by atoms with van der Waals surface area (Å²) in [6.45, 7) is 1.60. The minimum Gasteiger partial charge on any atom is -0.469 e. The average Bonchev–Trinajstić information content (AvgIpc) is 3.03. The minimum absolute atomic E-state index is 0.0375. The Kier molecular flexibility index (Phi) is 10.6. The van der Waals surface area contributed by atoms with Crippen molar-refractivity contribution < 1.29 is 52.8 Å². The fourth-order valence-electron chi connectivity index (χ4n) is 6.52. The molecule has 11 nitrogen and oxygen atoms in total. The molecule has 2 aromatic rings. The summed E-state index contributed by atoms with van der Waals surface area (Å²) in [7, 11) is 4.21. The molecule has 2 aliphatic rings. The number of esters is 5. The first-order valence-electron chi connectivity index (χ1n) is 14.1. The van der Waals surface area contributed by atoms with E-state index in [0.29, 0.717) is 21.2 Å². The van der Waals surface area contributed by atoms with Gasteiger partial charge in [0.2, 0.25) is 0 Å². The summed E-state index contributed by atoms with van der Waals surface area (Å²) >= 11 is 12.1. The Labute approximate surface area is 275 Å². The molecule has 1 N–H and O–H groups in total. The summed E-state index contributed by atoms with van der Waals surface area (Å²) in [5, 5.41) is 13.4. The van der Waals surface area contributed by atoms with Gasteiger partial charge in [-0.3, -0.25) is 14.4 Å². The molecule has 0 amide bonds. The standard InChI is InChI=1S/C33H32Cl2O11/c1-16-14-22-23(29(37)42-2)27(26(32(40)45-5)33(41,24(16)30(38)43-3)25(22)31(39)44-4)46-28(36)21(18-8-12-20(35)13-9-18)15-17-6-10-19(34)11-7-17/h6-13,15-16,22,24-26,41H,14H2,1-5H3/t16-,22+,24-,25-,26?,33-/m1/s1. The molecule has 0 heterocycles. The van der Waals surface area contributed by atoms with Crippen molar-refractivity contribution in [3.05, 3.63) is 81.0 Å². The lowest BCUT2D eigenvalue weighted by molar-refractivity contribution is -0.212. The number of fused-ring (bicyclic) bond motifs is 2. The van der Waals surface area contributed by atoms with Gasteiger partial charge >= 0.3 is 29.8 Å². The lowest BCUT2D eigenvalue weighted by atomic mass is 9.50. The summed E-state index contributed by atoms with van der Waals surface area (Å²) in [5.41, 5.74) is -2.12. The highest BCUT2D eigenvalue weighted by atomic mass is 35.5. The Morgan fingerprint density at radius 3 is 1.83 bits per heavy atom. The molecule has 0 spiro atoms. The molecule has 46 heavy (non-hydrogen) atoms. The number of methoxy groups -OCH3 is 4. The molecular formula is C33H32Cl2O11. The van der Waals surface area contributed by atoms with Gasteiger partial charge in [0.15, 0.2) is 0 Å². The van der Waals surface area contributed by atoms with Crippen LogP contribution in [0, 0.1) is 29.6 Å². The molecule has 2 aliphatic carbocycles. The highest BCUT2D eigenvalue weighted by Crippen LogP contribution is 2.58. The summed E-state index contributed by atoms with van der Waals surface area (Å²) in [4.78, 5) is 67.8. The molecule has 0 aliphatic heterocycles. The maximum absolute atomic E-state index is 14.2. The molecule has 1 saturated carbocycles. The van der Waals surface area contributed by atoms with E-state index in [-0.39, 0.29) is 17.6 Å². The number of rotatable bonds is 8. The second-order valence-electron chi connectivity index (χ2n) is 10.9. The van der Waals surface area contributed by atoms with Crippen LogP contribution >= 0.6 is 23.2 Å². The molecule has 2 bridgehead atoms. The Bertz CT molecular complexity index is 1600. The van der Waals surface area contributed by atoms with Gasteiger partial charge in [-0.25, -0.2) is 9.59 Å². The Morgan fingerprint density at radius 2 is 1.30 bits per heavy atom. The van der Waals surface area contributed by atoms with Gasteiger partial charge in [-0.2, -0.15) is 0 Å². The van der Waals surface area contributed by atoms with E-state index in [4.69, 9.17) is 46.9 Å². The predicted molar refractivity (Wildman–Crippen MR) is 165 cm³/mol. The first kappa shape index (κ1) is 34.7. The molecule has 1 fully saturated rings. The minimum atomic E-state index is -2.62. The Balaban J connectivity index is 2.01. The van der Waals surface area contributed by atoms with Crippen LogP contribution in [0.2, 0.25) is 10.0 Å². The third-order valence-corrected chi connectivity index (χ3v) is 8.97. The van der Waals surface area contributed by atoms with Crippen LogP contribution in [0.1, 0.15) is 24.5 Å². The summed E-state index contributed by atoms with van der Waals surface area (Å²) < 4.78 is 25.9. The zero-order chi connectivity index (χ0) is 33.9. The Hall–Kier alpha value is -4.19. The number of benzene rings is 2. The number of carbonyl (C=O) groups excluding carboxylic acids is 5. The van der Waals surface area contributed by atoms with Crippen LogP contribution in [0.5, 0.6) is 0 Å². The SMILES string of the molecule is COC(=O)C1=C(OC(=O)C(=Cc2ccc(Cl)cc2)c2ccc(Cl)cc2)C(C(=O)OC)[C@@]2(O)[C@@H](C(=O)OC)[C@H](C)C[C@@H]1[C@@H]2C(=O)OC. The molecule has 1 unspecified atom stereocenters. The van der Waals surface area contributed by atoms with E-state index in [1.807, 2.05) is 0 Å². The van der Waals surface area contributed by atoms with Crippen LogP contribution in [0.4, 0.5) is 0 Å². The van der Waals surface area contributed by atoms with Crippen LogP contribution < -0.4 is 0 Å². The van der Waals surface area contributed by atoms with Crippen molar-refractivity contribution in [3.8, 4) is 0 Å². The van der Waals surface area contributed by atoms with Crippen LogP contribution in [-0.2, 0) is 47.7 Å². The van der Waals surface area contributed by atoms with Crippen molar-refractivity contribution in [2.24, 2.45) is 29.6 Å². The van der Waals surface area contributed by atoms with Crippen molar-refractivity contribution in [3.63, 3.8) is 0 Å². The molecule has 0 radical (unpaired) electrons. The van der Waals surface area contributed by atoms with E-state index < -0.39 is 70.8 Å². The topological polar surface area (TPSA) is 152 Å². The molecule has 2 aromatic carbocycles. The lowest BCUT2D eigenvalue weighted by Gasteiger charge is -2.55. The van der Waals surface area contributed by atoms with E-state index in [9.17, 15) is 29.1 Å². The van der Waals surface area contributed by atoms with Crippen LogP contribution in [0.15, 0.2) is 59.9 Å². The highest BCUT2D eigenvalue weighted by molar-refractivity contribution is 6.31. The van der Waals surface area contributed by atoms with E-state index in [0.717, 1.165) is 28.4 Å². The number of carbonyl (C=O) groups is 5. The predicted octanol–water partition coefficient (Wildman–Crippen LogP) is 4.27. The average molecular weight is 676 g/mol. The van der Waals surface area contributed by atoms with Gasteiger partial charge in [-0.15, -0.1) is 0 Å². The quantitative estimate of drug-likeness (QED) is 0.185. The van der Waals surface area contributed by atoms with E-state index in [2.05, 4.69) is 0 Å². The maximum atomic E-state index is 14.2. The van der Waals surface area contributed by atoms with Gasteiger partial charge < -0.3 is 28.8 Å². The van der Waals surface area contributed by atoms with Crippen LogP contribution in [-0.4, -0.2) is 69.0 Å².